The Bertz CT molecular complexity index is 373. The molecule has 0 fully saturated rings. The Kier molecular flexibility index (Phi) is 5.82. The van der Waals surface area contributed by atoms with Crippen LogP contribution in [-0.2, 0) is 6.54 Å². The molecule has 0 aliphatic carbocycles. The highest BCUT2D eigenvalue weighted by Gasteiger charge is 2.04. The van der Waals surface area contributed by atoms with Crippen molar-refractivity contribution in [2.45, 2.75) is 19.5 Å². The third-order valence-corrected chi connectivity index (χ3v) is 2.74. The van der Waals surface area contributed by atoms with Gasteiger partial charge in [0.15, 0.2) is 0 Å². The zero-order valence-electron chi connectivity index (χ0n) is 11.7. The number of carbonyl (C=O) groups excluding carboxylic acids is 1. The molecule has 1 rings (SSSR count). The fourth-order valence-electron chi connectivity index (χ4n) is 1.82. The van der Waals surface area contributed by atoms with Crippen LogP contribution >= 0.6 is 0 Å². The molecule has 4 nitrogen and oxygen atoms in total. The van der Waals surface area contributed by atoms with Gasteiger partial charge in [0.25, 0.3) is 5.91 Å². The molecular weight excluding hydrogens is 226 g/mol. The highest BCUT2D eigenvalue weighted by atomic mass is 16.1. The molecule has 0 heterocycles. The molecule has 4 heteroatoms. The van der Waals surface area contributed by atoms with Crippen LogP contribution in [0.25, 0.3) is 0 Å². The zero-order chi connectivity index (χ0) is 13.5. The first-order valence-corrected chi connectivity index (χ1v) is 6.22. The molecule has 1 unspecified atom stereocenters. The van der Waals surface area contributed by atoms with E-state index in [-0.39, 0.29) is 5.91 Å². The second-order valence-corrected chi connectivity index (χ2v) is 4.82. The van der Waals surface area contributed by atoms with Crippen molar-refractivity contribution in [1.29, 1.82) is 0 Å². The Morgan fingerprint density at radius 2 is 1.89 bits per heavy atom. The third-order valence-electron chi connectivity index (χ3n) is 2.74. The first-order chi connectivity index (χ1) is 8.52. The van der Waals surface area contributed by atoms with E-state index >= 15 is 0 Å². The molecule has 0 aliphatic heterocycles. The van der Waals surface area contributed by atoms with Crippen LogP contribution in [0.1, 0.15) is 22.8 Å². The van der Waals surface area contributed by atoms with E-state index in [1.165, 1.54) is 5.56 Å². The number of nitrogens with zero attached hydrogens (tertiary/aromatic N) is 1. The summed E-state index contributed by atoms with van der Waals surface area (Å²) in [5.74, 6) is -0.0458. The summed E-state index contributed by atoms with van der Waals surface area (Å²) in [6, 6.07) is 8.12. The van der Waals surface area contributed by atoms with Crippen LogP contribution in [0.3, 0.4) is 0 Å². The smallest absolute Gasteiger partial charge is 0.251 e. The topological polar surface area (TPSA) is 44.4 Å². The molecule has 0 radical (unpaired) electrons. The van der Waals surface area contributed by atoms with Crippen LogP contribution in [0.15, 0.2) is 24.3 Å². The van der Waals surface area contributed by atoms with Crippen molar-refractivity contribution < 1.29 is 4.79 Å². The lowest BCUT2D eigenvalue weighted by atomic mass is 10.1. The zero-order valence-corrected chi connectivity index (χ0v) is 11.7. The average molecular weight is 249 g/mol. The molecule has 1 amide bonds. The number of likely N-dealkylation sites (N-methyl/N-ethyl adjacent to an activating group) is 1. The fourth-order valence-corrected chi connectivity index (χ4v) is 1.82. The van der Waals surface area contributed by atoms with Gasteiger partial charge in [-0.1, -0.05) is 12.1 Å². The van der Waals surface area contributed by atoms with Crippen LogP contribution in [0, 0.1) is 0 Å². The van der Waals surface area contributed by atoms with E-state index in [1.807, 2.05) is 24.3 Å². The number of rotatable bonds is 6. The summed E-state index contributed by atoms with van der Waals surface area (Å²) < 4.78 is 0. The Hall–Kier alpha value is -1.39. The highest BCUT2D eigenvalue weighted by molar-refractivity contribution is 5.93. The van der Waals surface area contributed by atoms with Gasteiger partial charge in [0.1, 0.15) is 0 Å². The molecule has 0 aliphatic rings. The summed E-state index contributed by atoms with van der Waals surface area (Å²) in [5.41, 5.74) is 1.89. The van der Waals surface area contributed by atoms with Crippen molar-refractivity contribution in [3.63, 3.8) is 0 Å². The minimum Gasteiger partial charge on any atom is -0.355 e. The molecule has 0 saturated heterocycles. The van der Waals surface area contributed by atoms with E-state index in [0.717, 1.165) is 13.1 Å². The van der Waals surface area contributed by atoms with Gasteiger partial charge < -0.3 is 15.5 Å². The average Bonchev–Trinajstić information content (AvgIpc) is 2.35. The molecule has 2 N–H and O–H groups in total. The van der Waals surface area contributed by atoms with Gasteiger partial charge in [-0.25, -0.2) is 0 Å². The van der Waals surface area contributed by atoms with Gasteiger partial charge >= 0.3 is 0 Å². The first kappa shape index (κ1) is 14.7. The molecule has 18 heavy (non-hydrogen) atoms. The highest BCUT2D eigenvalue weighted by Crippen LogP contribution is 2.04. The van der Waals surface area contributed by atoms with Crippen molar-refractivity contribution >= 4 is 5.91 Å². The Morgan fingerprint density at radius 1 is 1.28 bits per heavy atom. The Balaban J connectivity index is 2.46. The number of carbonyl (C=O) groups is 1. The SMILES string of the molecule is CNC(=O)c1ccc(CNC(C)CN(C)C)cc1. The van der Waals surface area contributed by atoms with Crippen molar-refractivity contribution in [2.24, 2.45) is 0 Å². The van der Waals surface area contributed by atoms with Crippen molar-refractivity contribution in [2.75, 3.05) is 27.7 Å². The minimum atomic E-state index is -0.0458. The molecule has 0 saturated carbocycles. The summed E-state index contributed by atoms with van der Waals surface area (Å²) in [7, 11) is 5.77. The van der Waals surface area contributed by atoms with Gasteiger partial charge in [-0.15, -0.1) is 0 Å². The van der Waals surface area contributed by atoms with Crippen LogP contribution in [0.4, 0.5) is 0 Å². The van der Waals surface area contributed by atoms with E-state index in [0.29, 0.717) is 11.6 Å². The van der Waals surface area contributed by atoms with Gasteiger partial charge in [0, 0.05) is 31.7 Å². The monoisotopic (exact) mass is 249 g/mol. The first-order valence-electron chi connectivity index (χ1n) is 6.22. The third kappa shape index (κ3) is 4.85. The van der Waals surface area contributed by atoms with Gasteiger partial charge in [-0.3, -0.25) is 4.79 Å². The molecular formula is C14H23N3O. The number of benzene rings is 1. The van der Waals surface area contributed by atoms with Gasteiger partial charge in [-0.2, -0.15) is 0 Å². The molecule has 1 aromatic rings. The molecule has 0 spiro atoms. The van der Waals surface area contributed by atoms with Crippen molar-refractivity contribution in [3.8, 4) is 0 Å². The largest absolute Gasteiger partial charge is 0.355 e. The molecule has 1 aromatic carbocycles. The summed E-state index contributed by atoms with van der Waals surface area (Å²) >= 11 is 0. The van der Waals surface area contributed by atoms with Crippen LogP contribution in [-0.4, -0.2) is 44.5 Å². The van der Waals surface area contributed by atoms with Gasteiger partial charge in [0.2, 0.25) is 0 Å². The van der Waals surface area contributed by atoms with Crippen LogP contribution < -0.4 is 10.6 Å². The van der Waals surface area contributed by atoms with Gasteiger partial charge in [0.05, 0.1) is 0 Å². The molecule has 100 valence electrons. The van der Waals surface area contributed by atoms with E-state index < -0.39 is 0 Å². The van der Waals surface area contributed by atoms with Crippen LogP contribution in [0.5, 0.6) is 0 Å². The molecule has 0 bridgehead atoms. The summed E-state index contributed by atoms with van der Waals surface area (Å²) in [6.45, 7) is 4.00. The number of nitrogens with one attached hydrogen (secondary N) is 2. The lowest BCUT2D eigenvalue weighted by molar-refractivity contribution is 0.0963. The number of amides is 1. The second kappa shape index (κ2) is 7.13. The normalized spacial score (nSPS) is 12.5. The standard InChI is InChI=1S/C14H23N3O/c1-11(10-17(3)4)16-9-12-5-7-13(8-6-12)14(18)15-2/h5-8,11,16H,9-10H2,1-4H3,(H,15,18). The predicted octanol–water partition coefficient (Wildman–Crippen LogP) is 1.09. The minimum absolute atomic E-state index is 0.0458. The summed E-state index contributed by atoms with van der Waals surface area (Å²) in [5, 5.41) is 6.06. The van der Waals surface area contributed by atoms with E-state index in [1.54, 1.807) is 7.05 Å². The lowest BCUT2D eigenvalue weighted by Crippen LogP contribution is -2.35. The maximum absolute atomic E-state index is 11.4. The van der Waals surface area contributed by atoms with Crippen molar-refractivity contribution in [3.05, 3.63) is 35.4 Å². The maximum atomic E-state index is 11.4. The van der Waals surface area contributed by atoms with E-state index in [9.17, 15) is 4.79 Å². The number of hydrogen-bond acceptors (Lipinski definition) is 3. The van der Waals surface area contributed by atoms with Crippen LogP contribution in [0.2, 0.25) is 0 Å². The van der Waals surface area contributed by atoms with Gasteiger partial charge in [-0.05, 0) is 38.7 Å². The Morgan fingerprint density at radius 3 is 2.39 bits per heavy atom. The lowest BCUT2D eigenvalue weighted by Gasteiger charge is -2.18. The summed E-state index contributed by atoms with van der Waals surface area (Å²) in [4.78, 5) is 13.5. The predicted molar refractivity (Wildman–Crippen MR) is 74.7 cm³/mol. The second-order valence-electron chi connectivity index (χ2n) is 4.82. The maximum Gasteiger partial charge on any atom is 0.251 e. The Labute approximate surface area is 109 Å². The summed E-state index contributed by atoms with van der Waals surface area (Å²) in [6.07, 6.45) is 0. The quantitative estimate of drug-likeness (QED) is 0.793. The fraction of sp³-hybridized carbons (Fsp3) is 0.500. The van der Waals surface area contributed by atoms with Crippen molar-refractivity contribution in [1.82, 2.24) is 15.5 Å². The number of hydrogen-bond donors (Lipinski definition) is 2. The molecule has 1 atom stereocenters. The molecule has 0 aromatic heterocycles. The van der Waals surface area contributed by atoms with E-state index in [2.05, 4.69) is 36.6 Å². The van der Waals surface area contributed by atoms with E-state index in [4.69, 9.17) is 0 Å².